The van der Waals surface area contributed by atoms with Crippen molar-refractivity contribution < 1.29 is 62.4 Å². The summed E-state index contributed by atoms with van der Waals surface area (Å²) in [4.78, 5) is 0. The van der Waals surface area contributed by atoms with Crippen LogP contribution in [0.25, 0.3) is 0 Å². The summed E-state index contributed by atoms with van der Waals surface area (Å²) in [6.07, 6.45) is -2.58. The molecule has 5 fully saturated rings. The highest BCUT2D eigenvalue weighted by Crippen LogP contribution is 2.69. The van der Waals surface area contributed by atoms with E-state index in [0.29, 0.717) is 19.3 Å². The molecule has 1 saturated heterocycles. The van der Waals surface area contributed by atoms with Crippen LogP contribution in [-0.4, -0.2) is 116 Å². The third kappa shape index (κ3) is 6.84. The number of aliphatic hydroxyl groups excluding tert-OH is 6. The van der Waals surface area contributed by atoms with Gasteiger partial charge in [0.05, 0.1) is 36.6 Å². The Kier molecular flexibility index (Phi) is 10.7. The van der Waals surface area contributed by atoms with Crippen LogP contribution in [0.2, 0.25) is 0 Å². The third-order valence-corrected chi connectivity index (χ3v) is 13.4. The molecule has 0 aromatic rings. The molecule has 0 bridgehead atoms. The molecule has 5 rings (SSSR count). The number of fused-ring (bicyclic) bond motifs is 5. The standard InChI is InChI=1S/C33H56O13S/c1-16(2)23(45-30-28(39)27(38)26(37)24(46-30)15-44-47(41,42)43)7-6-17(3)19-13-21(35)29-32(19,5)11-9-25-31(4)10-8-18(34)12-20(31)22(36)14-33(25,29)40/h6-7,16-30,34-40H,8-15H2,1-5H3,(H,41,42,43)/b7-6+/t17-,18+,19-,20?,21-,22+,23+,24-,25?,26-,27+,28-,29?,30-,31+,32-,33+/m1/s1. The quantitative estimate of drug-likeness (QED) is 0.125. The van der Waals surface area contributed by atoms with E-state index in [4.69, 9.17) is 14.0 Å². The zero-order chi connectivity index (χ0) is 34.9. The minimum Gasteiger partial charge on any atom is -0.393 e. The van der Waals surface area contributed by atoms with Crippen molar-refractivity contribution in [1.82, 2.24) is 0 Å². The molecule has 272 valence electrons. The first-order valence-electron chi connectivity index (χ1n) is 17.1. The topological polar surface area (TPSA) is 224 Å². The van der Waals surface area contributed by atoms with E-state index in [2.05, 4.69) is 25.0 Å². The maximum Gasteiger partial charge on any atom is 0.397 e. The minimum atomic E-state index is -4.84. The van der Waals surface area contributed by atoms with Crippen molar-refractivity contribution in [2.75, 3.05) is 6.61 Å². The SMILES string of the molecule is CC(C)[C@H](/C=C/[C@@H](C)[C@H]1C[C@@H](O)C2[C@]3(O)C[C@H](O)C4C[C@@H](O)CC[C@]4(C)C3CC[C@@]21C)O[C@@H]1O[C@H](COS(=O)(=O)O)[C@@H](O)[C@H](O)[C@H]1O. The molecule has 3 unspecified atom stereocenters. The highest BCUT2D eigenvalue weighted by molar-refractivity contribution is 7.80. The van der Waals surface area contributed by atoms with E-state index in [1.54, 1.807) is 0 Å². The molecule has 4 aliphatic carbocycles. The predicted octanol–water partition coefficient (Wildman–Crippen LogP) is 0.923. The average molecular weight is 693 g/mol. The van der Waals surface area contributed by atoms with Gasteiger partial charge in [-0.3, -0.25) is 4.55 Å². The van der Waals surface area contributed by atoms with Gasteiger partial charge in [0, 0.05) is 12.3 Å². The van der Waals surface area contributed by atoms with Crippen LogP contribution in [0.4, 0.5) is 0 Å². The Morgan fingerprint density at radius 3 is 2.19 bits per heavy atom. The fraction of sp³-hybridized carbons (Fsp3) is 0.939. The number of hydrogen-bond acceptors (Lipinski definition) is 12. The first-order chi connectivity index (χ1) is 21.7. The first kappa shape index (κ1) is 37.5. The largest absolute Gasteiger partial charge is 0.397 e. The van der Waals surface area contributed by atoms with Gasteiger partial charge in [-0.05, 0) is 78.9 Å². The Hall–Kier alpha value is -0.750. The molecule has 0 amide bonds. The number of ether oxygens (including phenoxy) is 2. The fourth-order valence-electron chi connectivity index (χ4n) is 10.7. The van der Waals surface area contributed by atoms with Gasteiger partial charge in [-0.2, -0.15) is 8.42 Å². The van der Waals surface area contributed by atoms with Crippen LogP contribution in [-0.2, 0) is 24.1 Å². The Morgan fingerprint density at radius 1 is 0.894 bits per heavy atom. The molecule has 5 aliphatic rings. The predicted molar refractivity (Wildman–Crippen MR) is 168 cm³/mol. The van der Waals surface area contributed by atoms with Crippen molar-refractivity contribution in [1.29, 1.82) is 0 Å². The summed E-state index contributed by atoms with van der Waals surface area (Å²) in [7, 11) is -4.84. The van der Waals surface area contributed by atoms with Gasteiger partial charge in [-0.25, -0.2) is 4.18 Å². The van der Waals surface area contributed by atoms with E-state index in [-0.39, 0.29) is 41.4 Å². The van der Waals surface area contributed by atoms with Gasteiger partial charge in [-0.1, -0.05) is 46.8 Å². The van der Waals surface area contributed by atoms with Crippen molar-refractivity contribution in [3.8, 4) is 0 Å². The van der Waals surface area contributed by atoms with E-state index >= 15 is 0 Å². The lowest BCUT2D eigenvalue weighted by molar-refractivity contribution is -0.309. The summed E-state index contributed by atoms with van der Waals surface area (Å²) < 4.78 is 46.9. The van der Waals surface area contributed by atoms with Gasteiger partial charge < -0.3 is 45.2 Å². The minimum absolute atomic E-state index is 0.00263. The van der Waals surface area contributed by atoms with E-state index in [1.165, 1.54) is 0 Å². The second kappa shape index (κ2) is 13.4. The summed E-state index contributed by atoms with van der Waals surface area (Å²) in [5, 5.41) is 77.1. The number of allylic oxidation sites excluding steroid dienone is 1. The fourth-order valence-corrected chi connectivity index (χ4v) is 11.0. The van der Waals surface area contributed by atoms with Crippen LogP contribution in [0.5, 0.6) is 0 Å². The van der Waals surface area contributed by atoms with Crippen LogP contribution in [0.3, 0.4) is 0 Å². The zero-order valence-electron chi connectivity index (χ0n) is 28.0. The molecule has 14 heteroatoms. The van der Waals surface area contributed by atoms with Gasteiger partial charge in [0.15, 0.2) is 6.29 Å². The van der Waals surface area contributed by atoms with E-state index in [1.807, 2.05) is 26.0 Å². The van der Waals surface area contributed by atoms with Gasteiger partial charge in [-0.15, -0.1) is 0 Å². The molecule has 0 aromatic heterocycles. The third-order valence-electron chi connectivity index (χ3n) is 13.0. The van der Waals surface area contributed by atoms with E-state index < -0.39 is 89.1 Å². The van der Waals surface area contributed by atoms with E-state index in [0.717, 1.165) is 19.3 Å². The van der Waals surface area contributed by atoms with Crippen molar-refractivity contribution in [2.45, 2.75) is 140 Å². The number of hydrogen-bond donors (Lipinski definition) is 8. The second-order valence-corrected chi connectivity index (χ2v) is 17.2. The van der Waals surface area contributed by atoms with Gasteiger partial charge >= 0.3 is 10.4 Å². The first-order valence-corrected chi connectivity index (χ1v) is 18.5. The number of rotatable bonds is 9. The summed E-state index contributed by atoms with van der Waals surface area (Å²) in [6.45, 7) is 9.32. The summed E-state index contributed by atoms with van der Waals surface area (Å²) >= 11 is 0. The molecule has 13 nitrogen and oxygen atoms in total. The average Bonchev–Trinajstić information content (AvgIpc) is 3.25. The summed E-state index contributed by atoms with van der Waals surface area (Å²) in [6, 6.07) is 0. The maximum absolute atomic E-state index is 12.5. The highest BCUT2D eigenvalue weighted by Gasteiger charge is 2.70. The van der Waals surface area contributed by atoms with Crippen molar-refractivity contribution in [3.63, 3.8) is 0 Å². The van der Waals surface area contributed by atoms with Crippen LogP contribution in [0.15, 0.2) is 12.2 Å². The summed E-state index contributed by atoms with van der Waals surface area (Å²) in [5.41, 5.74) is -1.98. The van der Waals surface area contributed by atoms with Crippen molar-refractivity contribution in [2.24, 2.45) is 46.3 Å². The maximum atomic E-state index is 12.5. The summed E-state index contributed by atoms with van der Waals surface area (Å²) in [5.74, 6) is -0.798. The van der Waals surface area contributed by atoms with Crippen LogP contribution in [0, 0.1) is 46.3 Å². The molecule has 4 saturated carbocycles. The second-order valence-electron chi connectivity index (χ2n) is 16.1. The lowest BCUT2D eigenvalue weighted by Crippen LogP contribution is -2.68. The molecule has 0 spiro atoms. The molecular formula is C33H56O13S. The molecule has 0 aromatic carbocycles. The Morgan fingerprint density at radius 2 is 1.55 bits per heavy atom. The lowest BCUT2D eigenvalue weighted by Gasteiger charge is -2.66. The smallest absolute Gasteiger partial charge is 0.393 e. The van der Waals surface area contributed by atoms with E-state index in [9.17, 15) is 44.2 Å². The Bertz CT molecular complexity index is 1250. The highest BCUT2D eigenvalue weighted by atomic mass is 32.3. The lowest BCUT2D eigenvalue weighted by atomic mass is 9.42. The van der Waals surface area contributed by atoms with Crippen molar-refractivity contribution >= 4 is 10.4 Å². The molecule has 0 radical (unpaired) electrons. The Balaban J connectivity index is 1.31. The molecular weight excluding hydrogens is 636 g/mol. The monoisotopic (exact) mass is 692 g/mol. The van der Waals surface area contributed by atoms with Gasteiger partial charge in [0.1, 0.15) is 24.4 Å². The normalized spacial score (nSPS) is 50.2. The van der Waals surface area contributed by atoms with Crippen LogP contribution >= 0.6 is 0 Å². The Labute approximate surface area is 277 Å². The molecule has 8 N–H and O–H groups in total. The molecule has 47 heavy (non-hydrogen) atoms. The molecule has 1 heterocycles. The number of aliphatic hydroxyl groups is 7. The zero-order valence-corrected chi connectivity index (χ0v) is 28.8. The van der Waals surface area contributed by atoms with Crippen LogP contribution < -0.4 is 0 Å². The van der Waals surface area contributed by atoms with Crippen LogP contribution in [0.1, 0.15) is 79.6 Å². The molecule has 1 aliphatic heterocycles. The van der Waals surface area contributed by atoms with Gasteiger partial charge in [0.2, 0.25) is 0 Å². The molecule has 17 atom stereocenters. The van der Waals surface area contributed by atoms with Crippen molar-refractivity contribution in [3.05, 3.63) is 12.2 Å². The van der Waals surface area contributed by atoms with Gasteiger partial charge in [0.25, 0.3) is 0 Å².